The van der Waals surface area contributed by atoms with Crippen LogP contribution in [0.1, 0.15) is 73.6 Å². The second-order valence-corrected chi connectivity index (χ2v) is 11.0. The quantitative estimate of drug-likeness (QED) is 0.520. The highest BCUT2D eigenvalue weighted by molar-refractivity contribution is 5.98. The predicted octanol–water partition coefficient (Wildman–Crippen LogP) is 5.64. The Labute approximate surface area is 214 Å². The second kappa shape index (κ2) is 10.1. The van der Waals surface area contributed by atoms with Crippen molar-refractivity contribution in [2.45, 2.75) is 70.3 Å². The highest BCUT2D eigenvalue weighted by Gasteiger charge is 2.42. The summed E-state index contributed by atoms with van der Waals surface area (Å²) >= 11 is 0. The van der Waals surface area contributed by atoms with Crippen molar-refractivity contribution in [1.82, 2.24) is 10.2 Å². The third kappa shape index (κ3) is 5.66. The molecule has 5 nitrogen and oxygen atoms in total. The Morgan fingerprint density at radius 1 is 1.03 bits per heavy atom. The highest BCUT2D eigenvalue weighted by Crippen LogP contribution is 2.35. The minimum Gasteiger partial charge on any atom is -0.381 e. The van der Waals surface area contributed by atoms with Gasteiger partial charge in [-0.05, 0) is 55.0 Å². The van der Waals surface area contributed by atoms with Crippen LogP contribution in [-0.2, 0) is 21.1 Å². The maximum atomic E-state index is 14.8. The van der Waals surface area contributed by atoms with E-state index < -0.39 is 35.5 Å². The maximum Gasteiger partial charge on any atom is 0.416 e. The third-order valence-electron chi connectivity index (χ3n) is 7.28. The fraction of sp³-hybridized carbons (Fsp3) is 0.500. The van der Waals surface area contributed by atoms with Crippen molar-refractivity contribution in [3.05, 3.63) is 70.5 Å². The number of halogens is 4. The zero-order chi connectivity index (χ0) is 27.1. The number of likely N-dealkylation sites (tertiary alicyclic amines) is 1. The molecule has 4 rings (SSSR count). The van der Waals surface area contributed by atoms with Gasteiger partial charge in [-0.2, -0.15) is 13.2 Å². The number of alkyl halides is 3. The molecule has 2 fully saturated rings. The maximum absolute atomic E-state index is 14.8. The molecule has 0 spiro atoms. The summed E-state index contributed by atoms with van der Waals surface area (Å²) in [7, 11) is 0. The van der Waals surface area contributed by atoms with Crippen molar-refractivity contribution in [3.8, 4) is 0 Å². The number of carbonyl (C=O) groups is 2. The molecule has 2 amide bonds. The lowest BCUT2D eigenvalue weighted by Gasteiger charge is -2.36. The van der Waals surface area contributed by atoms with Gasteiger partial charge in [0.15, 0.2) is 0 Å². The number of rotatable bonds is 5. The zero-order valence-electron chi connectivity index (χ0n) is 21.4. The Morgan fingerprint density at radius 3 is 2.30 bits per heavy atom. The summed E-state index contributed by atoms with van der Waals surface area (Å²) in [4.78, 5) is 28.6. The van der Waals surface area contributed by atoms with Crippen LogP contribution in [0, 0.1) is 11.7 Å². The Morgan fingerprint density at radius 2 is 1.73 bits per heavy atom. The Kier molecular flexibility index (Phi) is 7.38. The van der Waals surface area contributed by atoms with Gasteiger partial charge in [0.25, 0.3) is 5.91 Å². The molecule has 0 aromatic heterocycles. The lowest BCUT2D eigenvalue weighted by molar-refractivity contribution is -0.138. The number of hydrogen-bond acceptors (Lipinski definition) is 3. The average molecular weight is 521 g/mol. The summed E-state index contributed by atoms with van der Waals surface area (Å²) in [6, 6.07) is 7.84. The normalized spacial score (nSPS) is 21.5. The molecule has 37 heavy (non-hydrogen) atoms. The standard InChI is InChI=1S/C28H32F4N2O3/c1-16-8-11-23(34(16)26(36)17-6-5-7-19(12-17)27(2,3)4)25(35)33-24(18-14-37-15-18)21-10-9-20(13-22(21)29)28(30,31)32/h5-7,9-10,12-13,16,18,23-24H,8,11,14-15H2,1-4H3,(H,33,35)/t16-,23-,24-/m1/s1. The summed E-state index contributed by atoms with van der Waals surface area (Å²) in [5, 5.41) is 2.83. The smallest absolute Gasteiger partial charge is 0.381 e. The van der Waals surface area contributed by atoms with Crippen LogP contribution in [0.2, 0.25) is 0 Å². The van der Waals surface area contributed by atoms with Crippen molar-refractivity contribution in [1.29, 1.82) is 0 Å². The van der Waals surface area contributed by atoms with Gasteiger partial charge in [0.2, 0.25) is 5.91 Å². The van der Waals surface area contributed by atoms with E-state index in [2.05, 4.69) is 26.1 Å². The van der Waals surface area contributed by atoms with E-state index in [1.807, 2.05) is 25.1 Å². The SMILES string of the molecule is C[C@@H]1CC[C@H](C(=O)N[C@@H](c2ccc(C(F)(F)F)cc2F)C2COC2)N1C(=O)c1cccc(C(C)(C)C)c1. The largest absolute Gasteiger partial charge is 0.416 e. The van der Waals surface area contributed by atoms with Crippen LogP contribution in [0.3, 0.4) is 0 Å². The first-order chi connectivity index (χ1) is 17.3. The number of ether oxygens (including phenoxy) is 1. The average Bonchev–Trinajstić information content (AvgIpc) is 3.17. The molecule has 0 aliphatic carbocycles. The summed E-state index contributed by atoms with van der Waals surface area (Å²) in [6.07, 6.45) is -3.63. The van der Waals surface area contributed by atoms with Gasteiger partial charge in [-0.15, -0.1) is 0 Å². The molecule has 0 bridgehead atoms. The Bertz CT molecular complexity index is 1170. The molecular weight excluding hydrogens is 488 g/mol. The first-order valence-corrected chi connectivity index (χ1v) is 12.5. The monoisotopic (exact) mass is 520 g/mol. The number of carbonyl (C=O) groups excluding carboxylic acids is 2. The molecule has 2 aliphatic heterocycles. The Hall–Kier alpha value is -2.94. The van der Waals surface area contributed by atoms with Gasteiger partial charge in [0.1, 0.15) is 11.9 Å². The summed E-state index contributed by atoms with van der Waals surface area (Å²) in [6.45, 7) is 8.52. The van der Waals surface area contributed by atoms with E-state index >= 15 is 0 Å². The molecule has 200 valence electrons. The van der Waals surface area contributed by atoms with Crippen LogP contribution in [0.5, 0.6) is 0 Å². The van der Waals surface area contributed by atoms with E-state index in [1.54, 1.807) is 11.0 Å². The second-order valence-electron chi connectivity index (χ2n) is 11.0. The van der Waals surface area contributed by atoms with Crippen LogP contribution < -0.4 is 5.32 Å². The van der Waals surface area contributed by atoms with Crippen LogP contribution in [0.25, 0.3) is 0 Å². The van der Waals surface area contributed by atoms with E-state index in [1.165, 1.54) is 0 Å². The molecule has 1 N–H and O–H groups in total. The molecule has 2 aliphatic rings. The molecule has 2 aromatic rings. The number of hydrogen-bond donors (Lipinski definition) is 1. The molecule has 0 unspecified atom stereocenters. The third-order valence-corrected chi connectivity index (χ3v) is 7.28. The minimum absolute atomic E-state index is 0.0311. The minimum atomic E-state index is -4.68. The number of benzene rings is 2. The van der Waals surface area contributed by atoms with E-state index in [9.17, 15) is 27.2 Å². The predicted molar refractivity (Wildman–Crippen MR) is 130 cm³/mol. The van der Waals surface area contributed by atoms with Crippen LogP contribution in [0.4, 0.5) is 17.6 Å². The number of nitrogens with zero attached hydrogens (tertiary/aromatic N) is 1. The van der Waals surface area contributed by atoms with E-state index in [-0.39, 0.29) is 42.1 Å². The van der Waals surface area contributed by atoms with Crippen molar-refractivity contribution < 1.29 is 31.9 Å². The van der Waals surface area contributed by atoms with Gasteiger partial charge in [-0.25, -0.2) is 4.39 Å². The van der Waals surface area contributed by atoms with Gasteiger partial charge < -0.3 is 15.0 Å². The number of nitrogens with one attached hydrogen (secondary N) is 1. The van der Waals surface area contributed by atoms with Gasteiger partial charge in [0.05, 0.1) is 24.8 Å². The first-order valence-electron chi connectivity index (χ1n) is 12.5. The van der Waals surface area contributed by atoms with Crippen molar-refractivity contribution in [2.24, 2.45) is 5.92 Å². The van der Waals surface area contributed by atoms with Crippen molar-refractivity contribution in [2.75, 3.05) is 13.2 Å². The van der Waals surface area contributed by atoms with Crippen LogP contribution in [-0.4, -0.2) is 42.0 Å². The Balaban J connectivity index is 1.58. The molecule has 2 aromatic carbocycles. The van der Waals surface area contributed by atoms with E-state index in [0.717, 1.165) is 17.7 Å². The van der Waals surface area contributed by atoms with Crippen molar-refractivity contribution >= 4 is 11.8 Å². The molecule has 0 radical (unpaired) electrons. The number of amides is 2. The van der Waals surface area contributed by atoms with Crippen molar-refractivity contribution in [3.63, 3.8) is 0 Å². The topological polar surface area (TPSA) is 58.6 Å². The summed E-state index contributed by atoms with van der Waals surface area (Å²) in [5.41, 5.74) is 0.192. The molecular formula is C28H32F4N2O3. The zero-order valence-corrected chi connectivity index (χ0v) is 21.4. The van der Waals surface area contributed by atoms with E-state index in [4.69, 9.17) is 4.74 Å². The summed E-state index contributed by atoms with van der Waals surface area (Å²) < 4.78 is 59.2. The van der Waals surface area contributed by atoms with Gasteiger partial charge in [0, 0.05) is 23.1 Å². The molecule has 0 saturated carbocycles. The van der Waals surface area contributed by atoms with Crippen LogP contribution in [0.15, 0.2) is 42.5 Å². The fourth-order valence-corrected chi connectivity index (χ4v) is 4.95. The van der Waals surface area contributed by atoms with Gasteiger partial charge in [-0.3, -0.25) is 9.59 Å². The summed E-state index contributed by atoms with van der Waals surface area (Å²) in [5.74, 6) is -2.05. The van der Waals surface area contributed by atoms with Gasteiger partial charge >= 0.3 is 6.18 Å². The fourth-order valence-electron chi connectivity index (χ4n) is 4.95. The molecule has 3 atom stereocenters. The first kappa shape index (κ1) is 27.1. The molecule has 9 heteroatoms. The van der Waals surface area contributed by atoms with E-state index in [0.29, 0.717) is 24.5 Å². The lowest BCUT2D eigenvalue weighted by atomic mass is 9.86. The highest BCUT2D eigenvalue weighted by atomic mass is 19.4. The molecule has 2 saturated heterocycles. The lowest BCUT2D eigenvalue weighted by Crippen LogP contribution is -2.51. The van der Waals surface area contributed by atoms with Crippen LogP contribution >= 0.6 is 0 Å². The van der Waals surface area contributed by atoms with Gasteiger partial charge in [-0.1, -0.05) is 39.0 Å². The molecule has 2 heterocycles.